The highest BCUT2D eigenvalue weighted by molar-refractivity contribution is 5.88. The molecule has 0 bridgehead atoms. The van der Waals surface area contributed by atoms with Crippen LogP contribution in [0.4, 0.5) is 5.69 Å². The Balaban J connectivity index is 1.61. The quantitative estimate of drug-likeness (QED) is 0.553. The maximum absolute atomic E-state index is 13.5. The summed E-state index contributed by atoms with van der Waals surface area (Å²) in [6, 6.07) is 19.6. The Morgan fingerprint density at radius 1 is 0.968 bits per heavy atom. The molecule has 6 heteroatoms. The van der Waals surface area contributed by atoms with E-state index in [2.05, 4.69) is 9.88 Å². The van der Waals surface area contributed by atoms with Crippen molar-refractivity contribution in [3.8, 4) is 16.9 Å². The lowest BCUT2D eigenvalue weighted by molar-refractivity contribution is 0.122. The zero-order chi connectivity index (χ0) is 21.2. The van der Waals surface area contributed by atoms with Crippen LogP contribution >= 0.6 is 0 Å². The molecule has 1 aliphatic heterocycles. The molecule has 4 aromatic rings. The van der Waals surface area contributed by atoms with Gasteiger partial charge in [-0.3, -0.25) is 9.78 Å². The van der Waals surface area contributed by atoms with Crippen molar-refractivity contribution in [2.75, 3.05) is 31.2 Å². The number of benzene rings is 2. The molecule has 1 fully saturated rings. The van der Waals surface area contributed by atoms with Gasteiger partial charge in [0.15, 0.2) is 0 Å². The fourth-order valence-electron chi connectivity index (χ4n) is 4.08. The summed E-state index contributed by atoms with van der Waals surface area (Å²) in [5.41, 5.74) is 4.00. The normalized spacial score (nSPS) is 14.1. The number of rotatable bonds is 4. The third-order valence-corrected chi connectivity index (χ3v) is 5.74. The van der Waals surface area contributed by atoms with Crippen molar-refractivity contribution >= 4 is 16.6 Å². The van der Waals surface area contributed by atoms with Gasteiger partial charge in [-0.2, -0.15) is 0 Å². The number of morpholine rings is 1. The number of hydrogen-bond acceptors (Lipinski definition) is 5. The lowest BCUT2D eigenvalue weighted by Crippen LogP contribution is -2.36. The molecule has 0 spiro atoms. The van der Waals surface area contributed by atoms with Crippen LogP contribution in [0.1, 0.15) is 5.56 Å². The van der Waals surface area contributed by atoms with Crippen LogP contribution in [0.2, 0.25) is 0 Å². The van der Waals surface area contributed by atoms with Gasteiger partial charge in [-0.15, -0.1) is 0 Å². The predicted octanol–water partition coefficient (Wildman–Crippen LogP) is 3.65. The minimum atomic E-state index is -0.108. The molecule has 0 saturated carbocycles. The van der Waals surface area contributed by atoms with Gasteiger partial charge in [0, 0.05) is 29.7 Å². The second-order valence-corrected chi connectivity index (χ2v) is 7.67. The standard InChI is InChI=1S/C25H23N3O3/c29-24-16-26-15-23-22(24)14-21(25(30)28(23)17-18-4-2-1-3-5-18)19-6-8-20(9-7-19)27-10-12-31-13-11-27/h1-9,14-16,29H,10-13,17H2. The van der Waals surface area contributed by atoms with Crippen molar-refractivity contribution in [1.82, 2.24) is 9.55 Å². The first-order chi connectivity index (χ1) is 15.2. The van der Waals surface area contributed by atoms with E-state index in [1.165, 1.54) is 6.20 Å². The van der Waals surface area contributed by atoms with Gasteiger partial charge in [0.05, 0.1) is 37.7 Å². The van der Waals surface area contributed by atoms with Crippen molar-refractivity contribution < 1.29 is 9.84 Å². The summed E-state index contributed by atoms with van der Waals surface area (Å²) in [5.74, 6) is 0.0606. The van der Waals surface area contributed by atoms with E-state index in [0.717, 1.165) is 43.1 Å². The summed E-state index contributed by atoms with van der Waals surface area (Å²) < 4.78 is 7.11. The first-order valence-electron chi connectivity index (χ1n) is 10.4. The molecular formula is C25H23N3O3. The highest BCUT2D eigenvalue weighted by atomic mass is 16.5. The molecule has 1 aliphatic rings. The fourth-order valence-corrected chi connectivity index (χ4v) is 4.08. The number of aromatic hydroxyl groups is 1. The van der Waals surface area contributed by atoms with Gasteiger partial charge < -0.3 is 19.3 Å². The molecule has 31 heavy (non-hydrogen) atoms. The summed E-state index contributed by atoms with van der Waals surface area (Å²) in [5, 5.41) is 11.1. The summed E-state index contributed by atoms with van der Waals surface area (Å²) in [4.78, 5) is 19.9. The van der Waals surface area contributed by atoms with Crippen molar-refractivity contribution in [1.29, 1.82) is 0 Å². The van der Waals surface area contributed by atoms with Crippen molar-refractivity contribution in [3.05, 3.63) is 89.0 Å². The van der Waals surface area contributed by atoms with E-state index in [4.69, 9.17) is 4.74 Å². The molecule has 0 atom stereocenters. The van der Waals surface area contributed by atoms with Crippen LogP contribution in [0.3, 0.4) is 0 Å². The third kappa shape index (κ3) is 3.78. The molecule has 5 rings (SSSR count). The van der Waals surface area contributed by atoms with Gasteiger partial charge in [0.1, 0.15) is 5.75 Å². The van der Waals surface area contributed by atoms with E-state index in [-0.39, 0.29) is 11.3 Å². The van der Waals surface area contributed by atoms with Crippen LogP contribution in [0, 0.1) is 0 Å². The molecule has 0 amide bonds. The van der Waals surface area contributed by atoms with Crippen molar-refractivity contribution in [2.45, 2.75) is 6.54 Å². The molecule has 2 aromatic heterocycles. The third-order valence-electron chi connectivity index (χ3n) is 5.74. The van der Waals surface area contributed by atoms with Gasteiger partial charge >= 0.3 is 0 Å². The minimum Gasteiger partial charge on any atom is -0.506 e. The predicted molar refractivity (Wildman–Crippen MR) is 122 cm³/mol. The zero-order valence-corrected chi connectivity index (χ0v) is 17.1. The second kappa shape index (κ2) is 8.24. The maximum Gasteiger partial charge on any atom is 0.259 e. The number of aromatic nitrogens is 2. The minimum absolute atomic E-state index is 0.0606. The number of hydrogen-bond donors (Lipinski definition) is 1. The molecule has 0 unspecified atom stereocenters. The lowest BCUT2D eigenvalue weighted by Gasteiger charge is -2.28. The van der Waals surface area contributed by atoms with Crippen molar-refractivity contribution in [2.24, 2.45) is 0 Å². The van der Waals surface area contributed by atoms with Gasteiger partial charge in [-0.05, 0) is 29.3 Å². The average molecular weight is 413 g/mol. The summed E-state index contributed by atoms with van der Waals surface area (Å²) in [6.07, 6.45) is 3.04. The summed E-state index contributed by atoms with van der Waals surface area (Å²) in [7, 11) is 0. The Labute approximate surface area is 180 Å². The fraction of sp³-hybridized carbons (Fsp3) is 0.200. The van der Waals surface area contributed by atoms with Gasteiger partial charge in [0.25, 0.3) is 5.56 Å². The molecule has 3 heterocycles. The Morgan fingerprint density at radius 3 is 2.45 bits per heavy atom. The SMILES string of the molecule is O=c1c(-c2ccc(N3CCOCC3)cc2)cc2c(O)cncc2n1Cc1ccccc1. The highest BCUT2D eigenvalue weighted by Crippen LogP contribution is 2.28. The molecule has 0 aliphatic carbocycles. The molecule has 2 aromatic carbocycles. The molecule has 6 nitrogen and oxygen atoms in total. The van der Waals surface area contributed by atoms with Crippen LogP contribution in [0.25, 0.3) is 22.0 Å². The summed E-state index contributed by atoms with van der Waals surface area (Å²) >= 11 is 0. The van der Waals surface area contributed by atoms with Gasteiger partial charge in [0.2, 0.25) is 0 Å². The van der Waals surface area contributed by atoms with E-state index in [9.17, 15) is 9.90 Å². The molecule has 1 N–H and O–H groups in total. The first kappa shape index (κ1) is 19.3. The van der Waals surface area contributed by atoms with E-state index in [0.29, 0.717) is 23.0 Å². The van der Waals surface area contributed by atoms with Crippen LogP contribution < -0.4 is 10.5 Å². The molecule has 1 saturated heterocycles. The summed E-state index contributed by atoms with van der Waals surface area (Å²) in [6.45, 7) is 3.58. The molecule has 156 valence electrons. The number of fused-ring (bicyclic) bond motifs is 1. The number of ether oxygens (including phenoxy) is 1. The topological polar surface area (TPSA) is 67.6 Å². The van der Waals surface area contributed by atoms with E-state index in [1.807, 2.05) is 54.6 Å². The zero-order valence-electron chi connectivity index (χ0n) is 17.1. The van der Waals surface area contributed by atoms with Gasteiger partial charge in [-0.1, -0.05) is 42.5 Å². The smallest absolute Gasteiger partial charge is 0.259 e. The Hall–Kier alpha value is -3.64. The van der Waals surface area contributed by atoms with Crippen LogP contribution in [0.15, 0.2) is 77.9 Å². The van der Waals surface area contributed by atoms with Crippen LogP contribution in [0.5, 0.6) is 5.75 Å². The van der Waals surface area contributed by atoms with Crippen molar-refractivity contribution in [3.63, 3.8) is 0 Å². The van der Waals surface area contributed by atoms with Crippen LogP contribution in [-0.4, -0.2) is 41.0 Å². The van der Waals surface area contributed by atoms with Gasteiger partial charge in [-0.25, -0.2) is 0 Å². The highest BCUT2D eigenvalue weighted by Gasteiger charge is 2.15. The second-order valence-electron chi connectivity index (χ2n) is 7.67. The lowest BCUT2D eigenvalue weighted by atomic mass is 10.0. The Kier molecular flexibility index (Phi) is 5.14. The Morgan fingerprint density at radius 2 is 1.71 bits per heavy atom. The Bertz CT molecular complexity index is 1260. The van der Waals surface area contributed by atoms with E-state index < -0.39 is 0 Å². The number of nitrogens with zero attached hydrogens (tertiary/aromatic N) is 3. The average Bonchev–Trinajstić information content (AvgIpc) is 2.82. The van der Waals surface area contributed by atoms with Crippen LogP contribution in [-0.2, 0) is 11.3 Å². The monoisotopic (exact) mass is 413 g/mol. The largest absolute Gasteiger partial charge is 0.506 e. The first-order valence-corrected chi connectivity index (χ1v) is 10.4. The van der Waals surface area contributed by atoms with E-state index >= 15 is 0 Å². The number of pyridine rings is 2. The molecule has 0 radical (unpaired) electrons. The molecular weight excluding hydrogens is 390 g/mol. The maximum atomic E-state index is 13.5. The van der Waals surface area contributed by atoms with E-state index in [1.54, 1.807) is 16.8 Å². The number of anilines is 1.